The minimum Gasteiger partial charge on any atom is -0.397 e. The van der Waals surface area contributed by atoms with Crippen LogP contribution in [-0.4, -0.2) is 140 Å². The molecule has 17 nitrogen and oxygen atoms in total. The Balaban J connectivity index is 0.000000262. The zero-order chi connectivity index (χ0) is 57.3. The summed E-state index contributed by atoms with van der Waals surface area (Å²) in [4.78, 5) is 59.0. The highest BCUT2D eigenvalue weighted by atomic mass is 79.9. The minimum atomic E-state index is -0.0878. The Hall–Kier alpha value is -4.94. The van der Waals surface area contributed by atoms with Crippen LogP contribution in [0.2, 0.25) is 20.2 Å². The summed E-state index contributed by atoms with van der Waals surface area (Å²) in [5.41, 5.74) is 10.4. The number of hydrogen-bond acceptors (Lipinski definition) is 19. The summed E-state index contributed by atoms with van der Waals surface area (Å²) in [6.45, 7) is 18.9. The second-order valence-electron chi connectivity index (χ2n) is 17.7. The van der Waals surface area contributed by atoms with Crippen LogP contribution in [-0.2, 0) is 12.8 Å². The van der Waals surface area contributed by atoms with Gasteiger partial charge in [-0.1, -0.05) is 124 Å². The van der Waals surface area contributed by atoms with Gasteiger partial charge in [-0.05, 0) is 86.7 Å². The first-order valence-electron chi connectivity index (χ1n) is 25.4. The number of aromatic nitrogens is 6. The molecule has 7 aromatic rings. The first-order valence-corrected chi connectivity index (χ1v) is 28.4. The standard InChI is InChI=1S/C23H27ClN6O2S.C17H14Cl2N4OS.C7H7BrClN.C6H14N2O.2CH4/c1-15-4-3-5-18(24)17(15)12-19(32)20-14-25-23(33-20)28-21-13-22(27-16(2)26-21)30-8-6-29(7-9-30)10-11-31;1-9-4-3-5-12(18)11(9)6-13(24)14-8-20-17(25-14)23-16-7-15(19)21-10(2)22-16;1-4-2-5(8)3-6(9)7(4)10;9-6-5-8-3-1-7-2-4-8;;/h3-5,13-14,31H,6-12H2,1-2H3,(H,25,26,27,28);3-5,7-8H,6H2,1-2H3,(H,20,21,22,23);2-3H,10H2,1H3;7,9H,1-6H2;2*1H4/i2*3D;;;;. The number of rotatable bonds is 15. The van der Waals surface area contributed by atoms with Crippen LogP contribution in [0, 0.1) is 34.6 Å². The van der Waals surface area contributed by atoms with Crippen molar-refractivity contribution < 1.29 is 22.5 Å². The number of carbonyl (C=O) groups is 2. The lowest BCUT2D eigenvalue weighted by Crippen LogP contribution is -2.47. The first kappa shape index (κ1) is 63.2. The van der Waals surface area contributed by atoms with Gasteiger partial charge in [0.25, 0.3) is 0 Å². The number of halogens is 5. The monoisotopic (exact) mass is 1260 g/mol. The molecule has 2 aliphatic rings. The lowest BCUT2D eigenvalue weighted by atomic mass is 10.0. The summed E-state index contributed by atoms with van der Waals surface area (Å²) in [7, 11) is 0. The number of anilines is 6. The van der Waals surface area contributed by atoms with E-state index in [0.29, 0.717) is 94.4 Å². The number of carbonyl (C=O) groups excluding carboxylic acids is 2. The lowest BCUT2D eigenvalue weighted by Gasteiger charge is -2.35. The molecule has 2 saturated heterocycles. The number of thiazole rings is 2. The molecule has 0 bridgehead atoms. The van der Waals surface area contributed by atoms with Gasteiger partial charge in [0.05, 0.1) is 48.8 Å². The van der Waals surface area contributed by atoms with Crippen molar-refractivity contribution in [2.24, 2.45) is 0 Å². The molecule has 0 amide bonds. The normalized spacial score (nSPS) is 13.6. The largest absolute Gasteiger partial charge is 0.397 e. The molecule has 6 heterocycles. The molecule has 24 heteroatoms. The Bertz CT molecular complexity index is 3110. The molecular formula is C55H70BrCl4N13O4S2. The summed E-state index contributed by atoms with van der Waals surface area (Å²) in [6, 6.07) is 14.3. The van der Waals surface area contributed by atoms with E-state index in [1.165, 1.54) is 34.9 Å². The molecule has 0 saturated carbocycles. The molecule has 426 valence electrons. The number of Topliss-reactive ketones (excluding diaryl/α,β-unsaturated/α-hetero) is 2. The summed E-state index contributed by atoms with van der Waals surface area (Å²) >= 11 is 29.9. The van der Waals surface area contributed by atoms with Gasteiger partial charge in [0.15, 0.2) is 21.8 Å². The Labute approximate surface area is 503 Å². The number of nitrogen functional groups attached to an aromatic ring is 1. The Morgan fingerprint density at radius 1 is 0.671 bits per heavy atom. The SMILES string of the molecule is C.C.Cc1cc(Br)cc(Cl)c1N.OCCN1CCNCC1.[2H]c1cc(C)c(CC(=O)c2cnc(Nc3cc(Cl)nc(C)n3)s2)c(Cl)c1.[2H]c1cc(C)c(CC(=O)c2cnc(Nc3cc(N4CCN(CCO)CC4)nc(C)n3)s2)c(Cl)c1. The van der Waals surface area contributed by atoms with Gasteiger partial charge in [0.1, 0.15) is 34.3 Å². The second-order valence-corrected chi connectivity index (χ2v) is 22.3. The lowest BCUT2D eigenvalue weighted by molar-refractivity contribution is 0.0988. The smallest absolute Gasteiger partial charge is 0.188 e. The number of nitrogens with one attached hydrogen (secondary N) is 3. The van der Waals surface area contributed by atoms with Crippen LogP contribution in [0.1, 0.15) is 76.4 Å². The number of piperazine rings is 2. The van der Waals surface area contributed by atoms with Gasteiger partial charge < -0.3 is 36.8 Å². The number of β-amino-alcohol motifs (C(OH)–C–C–N with tert-alkyl or cyclic N) is 2. The van der Waals surface area contributed by atoms with Gasteiger partial charge >= 0.3 is 0 Å². The van der Waals surface area contributed by atoms with Gasteiger partial charge in [0, 0.05) is 105 Å². The molecule has 9 rings (SSSR count). The second kappa shape index (κ2) is 33.1. The van der Waals surface area contributed by atoms with Crippen molar-refractivity contribution in [2.45, 2.75) is 62.3 Å². The fourth-order valence-corrected chi connectivity index (χ4v) is 11.1. The number of aliphatic hydroxyl groups excluding tert-OH is 2. The molecule has 7 N–H and O–H groups in total. The summed E-state index contributed by atoms with van der Waals surface area (Å²) < 4.78 is 16.4. The van der Waals surface area contributed by atoms with Crippen molar-refractivity contribution in [2.75, 3.05) is 99.9 Å². The van der Waals surface area contributed by atoms with Gasteiger partial charge in [-0.15, -0.1) is 0 Å². The van der Waals surface area contributed by atoms with Crippen LogP contribution in [0.15, 0.2) is 77.5 Å². The third-order valence-corrected chi connectivity index (χ3v) is 15.5. The summed E-state index contributed by atoms with van der Waals surface area (Å²) in [6.07, 6.45) is 3.40. The molecule has 0 atom stereocenters. The van der Waals surface area contributed by atoms with E-state index in [-0.39, 0.29) is 45.9 Å². The Morgan fingerprint density at radius 2 is 1.15 bits per heavy atom. The average Bonchev–Trinajstić information content (AvgIpc) is 4.11. The molecule has 0 radical (unpaired) electrons. The zero-order valence-corrected chi connectivity index (χ0v) is 49.4. The van der Waals surface area contributed by atoms with Gasteiger partial charge in [-0.25, -0.2) is 29.9 Å². The number of hydrogen-bond donors (Lipinski definition) is 6. The molecule has 3 aromatic carbocycles. The maximum absolute atomic E-state index is 12.8. The number of nitrogens with two attached hydrogens (primary N) is 1. The van der Waals surface area contributed by atoms with E-state index in [9.17, 15) is 9.59 Å². The number of aliphatic hydroxyl groups is 2. The number of aryl methyl sites for hydroxylation is 5. The fourth-order valence-electron chi connectivity index (χ4n) is 7.79. The van der Waals surface area contributed by atoms with Crippen LogP contribution in [0.25, 0.3) is 0 Å². The highest BCUT2D eigenvalue weighted by molar-refractivity contribution is 9.10. The van der Waals surface area contributed by atoms with Crippen LogP contribution < -0.4 is 26.6 Å². The van der Waals surface area contributed by atoms with E-state index in [2.05, 4.69) is 76.5 Å². The number of benzene rings is 3. The van der Waals surface area contributed by atoms with Gasteiger partial charge in [-0.3, -0.25) is 19.4 Å². The highest BCUT2D eigenvalue weighted by Gasteiger charge is 2.21. The number of nitrogens with zero attached hydrogens (tertiary/aromatic N) is 9. The third-order valence-electron chi connectivity index (χ3n) is 11.9. The molecule has 0 unspecified atom stereocenters. The topological polar surface area (TPSA) is 224 Å². The zero-order valence-electron chi connectivity index (χ0n) is 45.2. The quantitative estimate of drug-likeness (QED) is 0.0319. The van der Waals surface area contributed by atoms with E-state index >= 15 is 0 Å². The van der Waals surface area contributed by atoms with Crippen molar-refractivity contribution in [3.05, 3.63) is 147 Å². The summed E-state index contributed by atoms with van der Waals surface area (Å²) in [5.74, 6) is 3.00. The van der Waals surface area contributed by atoms with Gasteiger partial charge in [0.2, 0.25) is 0 Å². The van der Waals surface area contributed by atoms with Crippen LogP contribution >= 0.6 is 85.0 Å². The molecule has 4 aromatic heterocycles. The molecule has 0 aliphatic carbocycles. The van der Waals surface area contributed by atoms with Crippen molar-refractivity contribution in [1.29, 1.82) is 0 Å². The minimum absolute atomic E-state index is 0. The maximum Gasteiger partial charge on any atom is 0.188 e. The van der Waals surface area contributed by atoms with E-state index in [0.717, 1.165) is 97.0 Å². The molecule has 2 fully saturated rings. The third kappa shape index (κ3) is 20.8. The molecule has 79 heavy (non-hydrogen) atoms. The Kier molecular flexibility index (Phi) is 26.5. The molecule has 2 aliphatic heterocycles. The van der Waals surface area contributed by atoms with Crippen molar-refractivity contribution in [3.63, 3.8) is 0 Å². The van der Waals surface area contributed by atoms with Crippen molar-refractivity contribution in [3.8, 4) is 0 Å². The van der Waals surface area contributed by atoms with Gasteiger partial charge in [-0.2, -0.15) is 0 Å². The van der Waals surface area contributed by atoms with Crippen LogP contribution in [0.5, 0.6) is 0 Å². The van der Waals surface area contributed by atoms with E-state index < -0.39 is 0 Å². The predicted octanol–water partition coefficient (Wildman–Crippen LogP) is 11.7. The van der Waals surface area contributed by atoms with Crippen LogP contribution in [0.3, 0.4) is 0 Å². The first-order chi connectivity index (χ1) is 37.7. The van der Waals surface area contributed by atoms with Crippen molar-refractivity contribution in [1.82, 2.24) is 45.0 Å². The number of ketones is 2. The average molecular weight is 1270 g/mol. The summed E-state index contributed by atoms with van der Waals surface area (Å²) in [5, 5.41) is 30.1. The van der Waals surface area contributed by atoms with Crippen molar-refractivity contribution >= 4 is 130 Å². The molecular weight excluding hydrogens is 1190 g/mol. The highest BCUT2D eigenvalue weighted by Crippen LogP contribution is 2.30. The maximum atomic E-state index is 12.8. The van der Waals surface area contributed by atoms with E-state index in [1.54, 1.807) is 43.5 Å². The van der Waals surface area contributed by atoms with E-state index in [1.807, 2.05) is 39.8 Å². The predicted molar refractivity (Wildman–Crippen MR) is 332 cm³/mol. The fraction of sp³-hybridized carbons (Fsp3) is 0.382. The van der Waals surface area contributed by atoms with E-state index in [4.69, 9.17) is 65.1 Å². The van der Waals surface area contributed by atoms with Crippen LogP contribution in [0.4, 0.5) is 33.4 Å². The molecule has 0 spiro atoms. The Morgan fingerprint density at radius 3 is 1.62 bits per heavy atom.